The molecule has 0 saturated heterocycles. The molecule has 1 heterocycles. The predicted octanol–water partition coefficient (Wildman–Crippen LogP) is 2.70. The van der Waals surface area contributed by atoms with Gasteiger partial charge in [-0.25, -0.2) is 4.98 Å². The van der Waals surface area contributed by atoms with E-state index in [1.54, 1.807) is 18.3 Å². The molecule has 21 heavy (non-hydrogen) atoms. The highest BCUT2D eigenvalue weighted by molar-refractivity contribution is 9.10. The van der Waals surface area contributed by atoms with Crippen LogP contribution in [0.25, 0.3) is 0 Å². The summed E-state index contributed by atoms with van der Waals surface area (Å²) in [5.74, 6) is -0.303. The van der Waals surface area contributed by atoms with Crippen molar-refractivity contribution in [3.8, 4) is 0 Å². The molecule has 1 aromatic heterocycles. The van der Waals surface area contributed by atoms with Gasteiger partial charge in [-0.05, 0) is 60.7 Å². The average Bonchev–Trinajstić information content (AvgIpc) is 2.49. The van der Waals surface area contributed by atoms with Crippen molar-refractivity contribution in [1.29, 1.82) is 0 Å². The zero-order chi connectivity index (χ0) is 15.2. The van der Waals surface area contributed by atoms with Crippen LogP contribution in [0.2, 0.25) is 0 Å². The van der Waals surface area contributed by atoms with E-state index in [1.165, 1.54) is 0 Å². The Morgan fingerprint density at radius 1 is 1.33 bits per heavy atom. The Morgan fingerprint density at radius 2 is 2.05 bits per heavy atom. The van der Waals surface area contributed by atoms with E-state index in [1.807, 2.05) is 6.92 Å². The minimum atomic E-state index is -0.165. The van der Waals surface area contributed by atoms with E-state index in [2.05, 4.69) is 26.2 Å². The fourth-order valence-corrected chi connectivity index (χ4v) is 2.74. The van der Waals surface area contributed by atoms with E-state index in [0.717, 1.165) is 30.2 Å². The molecule has 1 amide bonds. The lowest BCUT2D eigenvalue weighted by Crippen LogP contribution is -2.39. The number of esters is 1. The van der Waals surface area contributed by atoms with Crippen LogP contribution in [0, 0.1) is 5.92 Å². The normalized spacial score (nSPS) is 21.6. The summed E-state index contributed by atoms with van der Waals surface area (Å²) in [6.07, 6.45) is 4.72. The Bertz CT molecular complexity index is 496. The first-order valence-corrected chi connectivity index (χ1v) is 7.98. The standard InChI is InChI=1S/C15H19BrN2O3/c1-2-21-15(20)10-3-6-12(7-4-10)18-14(19)13-8-5-11(16)9-17-13/h5,8-10,12H,2-4,6-7H2,1H3,(H,18,19). The molecule has 0 atom stereocenters. The zero-order valence-electron chi connectivity index (χ0n) is 12.0. The van der Waals surface area contributed by atoms with Crippen LogP contribution in [0.5, 0.6) is 0 Å². The second kappa shape index (κ2) is 7.54. The van der Waals surface area contributed by atoms with Crippen molar-refractivity contribution in [3.05, 3.63) is 28.5 Å². The summed E-state index contributed by atoms with van der Waals surface area (Å²) in [7, 11) is 0. The summed E-state index contributed by atoms with van der Waals surface area (Å²) in [6.45, 7) is 2.24. The summed E-state index contributed by atoms with van der Waals surface area (Å²) in [5.41, 5.74) is 0.408. The second-order valence-corrected chi connectivity index (χ2v) is 6.05. The van der Waals surface area contributed by atoms with E-state index in [9.17, 15) is 9.59 Å². The average molecular weight is 355 g/mol. The van der Waals surface area contributed by atoms with E-state index in [-0.39, 0.29) is 23.8 Å². The number of pyridine rings is 1. The second-order valence-electron chi connectivity index (χ2n) is 5.14. The van der Waals surface area contributed by atoms with Crippen molar-refractivity contribution >= 4 is 27.8 Å². The SMILES string of the molecule is CCOC(=O)C1CCC(NC(=O)c2ccc(Br)cn2)CC1. The third kappa shape index (κ3) is 4.52. The number of carbonyl (C=O) groups is 2. The van der Waals surface area contributed by atoms with Crippen LogP contribution in [-0.4, -0.2) is 29.5 Å². The van der Waals surface area contributed by atoms with Gasteiger partial charge in [-0.1, -0.05) is 0 Å². The molecule has 1 N–H and O–H groups in total. The van der Waals surface area contributed by atoms with Gasteiger partial charge in [-0.15, -0.1) is 0 Å². The van der Waals surface area contributed by atoms with Crippen LogP contribution < -0.4 is 5.32 Å². The van der Waals surface area contributed by atoms with Gasteiger partial charge < -0.3 is 10.1 Å². The maximum absolute atomic E-state index is 12.1. The fourth-order valence-electron chi connectivity index (χ4n) is 2.50. The summed E-state index contributed by atoms with van der Waals surface area (Å²) in [5, 5.41) is 2.98. The number of hydrogen-bond donors (Lipinski definition) is 1. The molecule has 1 aromatic rings. The molecule has 6 heteroatoms. The number of carbonyl (C=O) groups excluding carboxylic acids is 2. The Hall–Kier alpha value is -1.43. The van der Waals surface area contributed by atoms with Crippen molar-refractivity contribution < 1.29 is 14.3 Å². The molecule has 1 saturated carbocycles. The topological polar surface area (TPSA) is 68.3 Å². The van der Waals surface area contributed by atoms with E-state index < -0.39 is 0 Å². The molecule has 0 bridgehead atoms. The van der Waals surface area contributed by atoms with Crippen LogP contribution in [0.1, 0.15) is 43.1 Å². The van der Waals surface area contributed by atoms with Gasteiger partial charge in [0.25, 0.3) is 5.91 Å². The highest BCUT2D eigenvalue weighted by atomic mass is 79.9. The number of ether oxygens (including phenoxy) is 1. The first-order chi connectivity index (χ1) is 10.1. The number of hydrogen-bond acceptors (Lipinski definition) is 4. The van der Waals surface area contributed by atoms with Gasteiger partial charge in [-0.3, -0.25) is 9.59 Å². The zero-order valence-corrected chi connectivity index (χ0v) is 13.6. The van der Waals surface area contributed by atoms with Gasteiger partial charge in [0.05, 0.1) is 12.5 Å². The maximum atomic E-state index is 12.1. The van der Waals surface area contributed by atoms with E-state index in [4.69, 9.17) is 4.74 Å². The van der Waals surface area contributed by atoms with Gasteiger partial charge in [0.15, 0.2) is 0 Å². The number of aromatic nitrogens is 1. The Balaban J connectivity index is 1.82. The van der Waals surface area contributed by atoms with Gasteiger partial charge in [0.2, 0.25) is 0 Å². The molecule has 0 aromatic carbocycles. The summed E-state index contributed by atoms with van der Waals surface area (Å²) in [6, 6.07) is 3.58. The molecule has 5 nitrogen and oxygen atoms in total. The highest BCUT2D eigenvalue weighted by Crippen LogP contribution is 2.25. The minimum Gasteiger partial charge on any atom is -0.466 e. The van der Waals surface area contributed by atoms with E-state index >= 15 is 0 Å². The summed E-state index contributed by atoms with van der Waals surface area (Å²) >= 11 is 3.29. The van der Waals surface area contributed by atoms with Crippen LogP contribution in [0.4, 0.5) is 0 Å². The smallest absolute Gasteiger partial charge is 0.308 e. The molecule has 2 rings (SSSR count). The molecular formula is C15H19BrN2O3. The number of halogens is 1. The molecule has 1 fully saturated rings. The molecule has 1 aliphatic carbocycles. The largest absolute Gasteiger partial charge is 0.466 e. The number of nitrogens with one attached hydrogen (secondary N) is 1. The molecule has 114 valence electrons. The molecule has 0 radical (unpaired) electrons. The van der Waals surface area contributed by atoms with Crippen LogP contribution in [0.15, 0.2) is 22.8 Å². The Labute approximate surface area is 132 Å². The van der Waals surface area contributed by atoms with Crippen molar-refractivity contribution in [2.24, 2.45) is 5.92 Å². The number of amides is 1. The number of nitrogens with zero attached hydrogens (tertiary/aromatic N) is 1. The molecular weight excluding hydrogens is 336 g/mol. The number of rotatable bonds is 4. The monoisotopic (exact) mass is 354 g/mol. The Kier molecular flexibility index (Phi) is 5.73. The summed E-state index contributed by atoms with van der Waals surface area (Å²) in [4.78, 5) is 27.8. The fraction of sp³-hybridized carbons (Fsp3) is 0.533. The lowest BCUT2D eigenvalue weighted by molar-refractivity contribution is -0.149. The van der Waals surface area contributed by atoms with Crippen molar-refractivity contribution in [2.75, 3.05) is 6.61 Å². The minimum absolute atomic E-state index is 0.0242. The Morgan fingerprint density at radius 3 is 2.62 bits per heavy atom. The van der Waals surface area contributed by atoms with Gasteiger partial charge in [-0.2, -0.15) is 0 Å². The van der Waals surface area contributed by atoms with E-state index in [0.29, 0.717) is 12.3 Å². The van der Waals surface area contributed by atoms with Crippen LogP contribution >= 0.6 is 15.9 Å². The lowest BCUT2D eigenvalue weighted by atomic mass is 9.86. The lowest BCUT2D eigenvalue weighted by Gasteiger charge is -2.27. The van der Waals surface area contributed by atoms with Crippen molar-refractivity contribution in [2.45, 2.75) is 38.6 Å². The third-order valence-corrected chi connectivity index (χ3v) is 4.11. The molecule has 0 spiro atoms. The van der Waals surface area contributed by atoms with Gasteiger partial charge in [0, 0.05) is 16.7 Å². The molecule has 1 aliphatic rings. The van der Waals surface area contributed by atoms with Crippen molar-refractivity contribution in [1.82, 2.24) is 10.3 Å². The summed E-state index contributed by atoms with van der Waals surface area (Å²) < 4.78 is 5.88. The molecule has 0 unspecified atom stereocenters. The molecule has 0 aliphatic heterocycles. The quantitative estimate of drug-likeness (QED) is 0.844. The van der Waals surface area contributed by atoms with Gasteiger partial charge in [0.1, 0.15) is 5.69 Å². The maximum Gasteiger partial charge on any atom is 0.308 e. The first-order valence-electron chi connectivity index (χ1n) is 7.19. The first kappa shape index (κ1) is 15.9. The highest BCUT2D eigenvalue weighted by Gasteiger charge is 2.28. The van der Waals surface area contributed by atoms with Gasteiger partial charge >= 0.3 is 5.97 Å². The van der Waals surface area contributed by atoms with Crippen LogP contribution in [-0.2, 0) is 9.53 Å². The van der Waals surface area contributed by atoms with Crippen molar-refractivity contribution in [3.63, 3.8) is 0 Å². The third-order valence-electron chi connectivity index (χ3n) is 3.64. The predicted molar refractivity (Wildman–Crippen MR) is 81.8 cm³/mol. The van der Waals surface area contributed by atoms with Crippen LogP contribution in [0.3, 0.4) is 0 Å².